The minimum atomic E-state index is -0.467. The number of rotatable bonds is 10. The first-order valence-electron chi connectivity index (χ1n) is 9.17. The first kappa shape index (κ1) is 21.3. The normalized spacial score (nSPS) is 12.1. The quantitative estimate of drug-likeness (QED) is 0.265. The molecule has 146 valence electrons. The molecule has 1 N–H and O–H groups in total. The van der Waals surface area contributed by atoms with Crippen LogP contribution in [0.4, 0.5) is 4.39 Å². The van der Waals surface area contributed by atoms with E-state index < -0.39 is 6.67 Å². The molecule has 0 heterocycles. The summed E-state index contributed by atoms with van der Waals surface area (Å²) < 4.78 is 17.1. The Morgan fingerprint density at radius 2 is 1.57 bits per heavy atom. The second-order valence-corrected chi connectivity index (χ2v) is 6.34. The molecule has 2 aromatic rings. The molecule has 0 spiro atoms. The van der Waals surface area contributed by atoms with E-state index >= 15 is 0 Å². The fourth-order valence-corrected chi connectivity index (χ4v) is 2.42. The first-order chi connectivity index (χ1) is 13.6. The van der Waals surface area contributed by atoms with Crippen molar-refractivity contribution < 1.29 is 19.0 Å². The molecule has 28 heavy (non-hydrogen) atoms. The van der Waals surface area contributed by atoms with E-state index in [2.05, 4.69) is 0 Å². The predicted octanol–water partition coefficient (Wildman–Crippen LogP) is 5.26. The number of hydrogen-bond donors (Lipinski definition) is 1. The Morgan fingerprint density at radius 1 is 0.964 bits per heavy atom. The highest BCUT2D eigenvalue weighted by Gasteiger charge is 1.97. The number of ketones is 1. The summed E-state index contributed by atoms with van der Waals surface area (Å²) >= 11 is 0. The maximum Gasteiger partial charge on any atom is 0.182 e. The van der Waals surface area contributed by atoms with Crippen molar-refractivity contribution in [1.29, 1.82) is 0 Å². The smallest absolute Gasteiger partial charge is 0.182 e. The average Bonchev–Trinajstić information content (AvgIpc) is 2.70. The molecular formula is C24H25FO3. The molecule has 0 aromatic heterocycles. The molecule has 0 saturated carbocycles. The van der Waals surface area contributed by atoms with Gasteiger partial charge in [0.2, 0.25) is 0 Å². The lowest BCUT2D eigenvalue weighted by Gasteiger charge is -2.02. The van der Waals surface area contributed by atoms with Crippen molar-refractivity contribution in [3.63, 3.8) is 0 Å². The van der Waals surface area contributed by atoms with E-state index in [4.69, 9.17) is 4.74 Å². The molecule has 0 aliphatic rings. The summed E-state index contributed by atoms with van der Waals surface area (Å²) in [6.45, 7) is 2.15. The van der Waals surface area contributed by atoms with Gasteiger partial charge in [-0.05, 0) is 42.2 Å². The summed E-state index contributed by atoms with van der Waals surface area (Å²) in [7, 11) is 0. The third kappa shape index (κ3) is 8.14. The minimum Gasteiger partial charge on any atom is -0.508 e. The van der Waals surface area contributed by atoms with E-state index in [1.54, 1.807) is 12.2 Å². The van der Waals surface area contributed by atoms with Crippen LogP contribution < -0.4 is 0 Å². The molecule has 2 rings (SSSR count). The fraction of sp³-hybridized carbons (Fsp3) is 0.208. The van der Waals surface area contributed by atoms with Crippen LogP contribution in [-0.2, 0) is 16.0 Å². The van der Waals surface area contributed by atoms with Crippen molar-refractivity contribution in [3.8, 4) is 0 Å². The van der Waals surface area contributed by atoms with Crippen molar-refractivity contribution in [1.82, 2.24) is 0 Å². The molecule has 2 aromatic carbocycles. The molecular weight excluding hydrogens is 355 g/mol. The Bertz CT molecular complexity index is 831. The number of allylic oxidation sites excluding steroid dienone is 3. The number of carbonyl (C=O) groups excluding carboxylic acids is 1. The van der Waals surface area contributed by atoms with E-state index in [9.17, 15) is 14.3 Å². The van der Waals surface area contributed by atoms with Gasteiger partial charge >= 0.3 is 0 Å². The van der Waals surface area contributed by atoms with Gasteiger partial charge < -0.3 is 9.84 Å². The van der Waals surface area contributed by atoms with E-state index in [-0.39, 0.29) is 18.1 Å². The molecule has 3 nitrogen and oxygen atoms in total. The highest BCUT2D eigenvalue weighted by Crippen LogP contribution is 2.09. The Morgan fingerprint density at radius 3 is 2.21 bits per heavy atom. The Balaban J connectivity index is 1.86. The first-order valence-corrected chi connectivity index (χ1v) is 9.17. The van der Waals surface area contributed by atoms with Crippen LogP contribution >= 0.6 is 0 Å². The molecule has 4 heteroatoms. The number of aliphatic hydroxyl groups is 1. The lowest BCUT2D eigenvalue weighted by molar-refractivity contribution is -0.110. The van der Waals surface area contributed by atoms with Crippen molar-refractivity contribution in [3.05, 3.63) is 94.8 Å². The van der Waals surface area contributed by atoms with E-state index in [1.807, 2.05) is 55.5 Å². The van der Waals surface area contributed by atoms with E-state index in [1.165, 1.54) is 18.2 Å². The summed E-state index contributed by atoms with van der Waals surface area (Å²) in [4.78, 5) is 11.9. The lowest BCUT2D eigenvalue weighted by atomic mass is 10.1. The van der Waals surface area contributed by atoms with Gasteiger partial charge in [-0.2, -0.15) is 0 Å². The molecule has 0 aliphatic carbocycles. The monoisotopic (exact) mass is 380 g/mol. The minimum absolute atomic E-state index is 0.109. The Hall–Kier alpha value is -2.98. The highest BCUT2D eigenvalue weighted by molar-refractivity contribution is 6.02. The number of hydrogen-bond acceptors (Lipinski definition) is 3. The number of carbonyl (C=O) groups is 1. The summed E-state index contributed by atoms with van der Waals surface area (Å²) in [6, 6.07) is 15.5. The maximum absolute atomic E-state index is 12.0. The van der Waals surface area contributed by atoms with Crippen LogP contribution in [0, 0.1) is 6.92 Å². The zero-order valence-corrected chi connectivity index (χ0v) is 16.0. The maximum atomic E-state index is 12.0. The number of ether oxygens (including phenoxy) is 1. The van der Waals surface area contributed by atoms with Gasteiger partial charge in [-0.15, -0.1) is 0 Å². The third-order valence-corrected chi connectivity index (χ3v) is 3.99. The second-order valence-electron chi connectivity index (χ2n) is 6.34. The van der Waals surface area contributed by atoms with Gasteiger partial charge in [0.1, 0.15) is 12.4 Å². The second kappa shape index (κ2) is 11.7. The molecule has 0 fully saturated rings. The Labute approximate surface area is 165 Å². The lowest BCUT2D eigenvalue weighted by Crippen LogP contribution is -2.01. The van der Waals surface area contributed by atoms with Crippen LogP contribution in [0.5, 0.6) is 0 Å². The predicted molar refractivity (Wildman–Crippen MR) is 112 cm³/mol. The van der Waals surface area contributed by atoms with Gasteiger partial charge in [-0.1, -0.05) is 66.2 Å². The van der Waals surface area contributed by atoms with Gasteiger partial charge in [0.05, 0.1) is 13.2 Å². The standard InChI is InChI=1S/C24H25FO3/c1-19-2-4-20(5-3-19)10-12-23(26)18-24(27)13-11-21-6-8-22(9-7-21)14-16-28-17-15-25/h2-13,18,27H,14-17H2,1H3/b12-10+,13-11+,24-18-. The molecule has 0 radical (unpaired) electrons. The number of alkyl halides is 1. The van der Waals surface area contributed by atoms with Crippen LogP contribution in [0.1, 0.15) is 22.3 Å². The summed E-state index contributed by atoms with van der Waals surface area (Å²) in [5.41, 5.74) is 4.07. The largest absolute Gasteiger partial charge is 0.508 e. The number of benzene rings is 2. The van der Waals surface area contributed by atoms with Crippen LogP contribution in [-0.4, -0.2) is 30.8 Å². The molecule has 0 saturated heterocycles. The molecule has 0 amide bonds. The number of aryl methyl sites for hydroxylation is 1. The summed E-state index contributed by atoms with van der Waals surface area (Å²) in [5.74, 6) is -0.395. The van der Waals surface area contributed by atoms with Gasteiger partial charge in [0, 0.05) is 6.08 Å². The van der Waals surface area contributed by atoms with Crippen molar-refractivity contribution >= 4 is 17.9 Å². The van der Waals surface area contributed by atoms with Gasteiger partial charge in [0.25, 0.3) is 0 Å². The van der Waals surface area contributed by atoms with Crippen molar-refractivity contribution in [2.45, 2.75) is 13.3 Å². The van der Waals surface area contributed by atoms with Crippen LogP contribution in [0.2, 0.25) is 0 Å². The van der Waals surface area contributed by atoms with E-state index in [0.717, 1.165) is 28.7 Å². The molecule has 0 atom stereocenters. The zero-order valence-electron chi connectivity index (χ0n) is 16.0. The summed E-state index contributed by atoms with van der Waals surface area (Å²) in [5, 5.41) is 9.91. The summed E-state index contributed by atoms with van der Waals surface area (Å²) in [6.07, 6.45) is 8.25. The van der Waals surface area contributed by atoms with E-state index in [0.29, 0.717) is 6.61 Å². The topological polar surface area (TPSA) is 46.5 Å². The van der Waals surface area contributed by atoms with Gasteiger partial charge in [0.15, 0.2) is 5.78 Å². The molecule has 0 bridgehead atoms. The molecule has 0 unspecified atom stereocenters. The van der Waals surface area contributed by atoms with Crippen molar-refractivity contribution in [2.75, 3.05) is 19.9 Å². The van der Waals surface area contributed by atoms with Crippen LogP contribution in [0.25, 0.3) is 12.2 Å². The third-order valence-electron chi connectivity index (χ3n) is 3.99. The zero-order chi connectivity index (χ0) is 20.2. The van der Waals surface area contributed by atoms with Crippen molar-refractivity contribution in [2.24, 2.45) is 0 Å². The molecule has 0 aliphatic heterocycles. The van der Waals surface area contributed by atoms with Gasteiger partial charge in [-0.25, -0.2) is 4.39 Å². The Kier molecular flexibility index (Phi) is 8.89. The SMILES string of the molecule is Cc1ccc(/C=C/C(=O)/C=C(O)/C=C/c2ccc(CCOCCF)cc2)cc1. The number of aliphatic hydroxyl groups excluding tert-OH is 1. The van der Waals surface area contributed by atoms with Gasteiger partial charge in [-0.3, -0.25) is 4.79 Å². The van der Waals surface area contributed by atoms with Crippen LogP contribution in [0.3, 0.4) is 0 Å². The average molecular weight is 380 g/mol. The van der Waals surface area contributed by atoms with Crippen LogP contribution in [0.15, 0.2) is 72.5 Å². The number of halogens is 1. The fourth-order valence-electron chi connectivity index (χ4n) is 2.42. The highest BCUT2D eigenvalue weighted by atomic mass is 19.1.